The first-order chi connectivity index (χ1) is 9.10. The van der Waals surface area contributed by atoms with Crippen molar-refractivity contribution in [2.24, 2.45) is 11.8 Å². The quantitative estimate of drug-likeness (QED) is 0.874. The van der Waals surface area contributed by atoms with Crippen molar-refractivity contribution in [1.82, 2.24) is 9.97 Å². The number of aryl methyl sites for hydroxylation is 1. The van der Waals surface area contributed by atoms with Crippen LogP contribution in [-0.4, -0.2) is 16.0 Å². The smallest absolute Gasteiger partial charge is 0.133 e. The van der Waals surface area contributed by atoms with Crippen molar-refractivity contribution in [3.63, 3.8) is 0 Å². The summed E-state index contributed by atoms with van der Waals surface area (Å²) in [7, 11) is 0. The Morgan fingerprint density at radius 1 is 1.32 bits per heavy atom. The monoisotopic (exact) mass is 262 g/mol. The summed E-state index contributed by atoms with van der Waals surface area (Å²) >= 11 is 0. The van der Waals surface area contributed by atoms with Crippen molar-refractivity contribution in [3.8, 4) is 0 Å². The Balaban J connectivity index is 2.09. The van der Waals surface area contributed by atoms with Crippen LogP contribution in [0.4, 0.5) is 11.6 Å². The van der Waals surface area contributed by atoms with E-state index in [4.69, 9.17) is 5.73 Å². The molecule has 4 heteroatoms. The summed E-state index contributed by atoms with van der Waals surface area (Å²) in [6.45, 7) is 6.80. The second kappa shape index (κ2) is 6.22. The molecule has 0 saturated heterocycles. The summed E-state index contributed by atoms with van der Waals surface area (Å²) in [6.07, 6.45) is 5.78. The molecular weight excluding hydrogens is 236 g/mol. The highest BCUT2D eigenvalue weighted by molar-refractivity contribution is 5.45. The molecule has 3 unspecified atom stereocenters. The molecule has 3 N–H and O–H groups in total. The molecule has 0 aromatic carbocycles. The van der Waals surface area contributed by atoms with Gasteiger partial charge in [-0.1, -0.05) is 33.6 Å². The van der Waals surface area contributed by atoms with Gasteiger partial charge in [-0.3, -0.25) is 0 Å². The van der Waals surface area contributed by atoms with Crippen LogP contribution in [0.5, 0.6) is 0 Å². The molecule has 1 aromatic rings. The molecule has 0 bridgehead atoms. The van der Waals surface area contributed by atoms with Crippen molar-refractivity contribution in [2.45, 2.75) is 58.9 Å². The summed E-state index contributed by atoms with van der Waals surface area (Å²) in [5.74, 6) is 3.76. The van der Waals surface area contributed by atoms with Crippen molar-refractivity contribution < 1.29 is 0 Å². The van der Waals surface area contributed by atoms with E-state index in [2.05, 4.69) is 36.1 Å². The third-order valence-corrected chi connectivity index (χ3v) is 4.31. The van der Waals surface area contributed by atoms with Crippen molar-refractivity contribution >= 4 is 11.6 Å². The average molecular weight is 262 g/mol. The minimum atomic E-state index is 0.507. The standard InChI is InChI=1S/C15H26N4/c1-4-6-14-18-13(16)9-15(19-14)17-12-8-5-7-10(2)11(12)3/h9-12H,4-8H2,1-3H3,(H3,16,17,18,19). The Kier molecular flexibility index (Phi) is 4.61. The summed E-state index contributed by atoms with van der Waals surface area (Å²) in [6, 6.07) is 2.36. The predicted octanol–water partition coefficient (Wildman–Crippen LogP) is 3.25. The first kappa shape index (κ1) is 14.1. The highest BCUT2D eigenvalue weighted by atomic mass is 15.1. The molecule has 19 heavy (non-hydrogen) atoms. The van der Waals surface area contributed by atoms with Gasteiger partial charge in [-0.05, 0) is 24.7 Å². The van der Waals surface area contributed by atoms with Crippen LogP contribution >= 0.6 is 0 Å². The van der Waals surface area contributed by atoms with Crippen LogP contribution in [0, 0.1) is 11.8 Å². The first-order valence-corrected chi connectivity index (χ1v) is 7.50. The highest BCUT2D eigenvalue weighted by Crippen LogP contribution is 2.31. The summed E-state index contributed by atoms with van der Waals surface area (Å²) in [4.78, 5) is 8.85. The number of nitrogens with two attached hydrogens (primary N) is 1. The van der Waals surface area contributed by atoms with Gasteiger partial charge in [0.1, 0.15) is 17.5 Å². The van der Waals surface area contributed by atoms with E-state index < -0.39 is 0 Å². The third-order valence-electron chi connectivity index (χ3n) is 4.31. The van der Waals surface area contributed by atoms with Gasteiger partial charge in [0.2, 0.25) is 0 Å². The largest absolute Gasteiger partial charge is 0.384 e. The topological polar surface area (TPSA) is 63.8 Å². The molecule has 0 radical (unpaired) electrons. The Morgan fingerprint density at radius 2 is 2.11 bits per heavy atom. The minimum absolute atomic E-state index is 0.507. The lowest BCUT2D eigenvalue weighted by molar-refractivity contribution is 0.253. The SMILES string of the molecule is CCCc1nc(N)cc(NC2CCCC(C)C2C)n1. The van der Waals surface area contributed by atoms with E-state index >= 15 is 0 Å². The molecule has 0 amide bonds. The molecule has 0 spiro atoms. The molecule has 1 fully saturated rings. The zero-order chi connectivity index (χ0) is 13.8. The fourth-order valence-corrected chi connectivity index (χ4v) is 2.90. The van der Waals surface area contributed by atoms with Crippen molar-refractivity contribution in [2.75, 3.05) is 11.1 Å². The van der Waals surface area contributed by atoms with E-state index in [1.807, 2.05) is 6.07 Å². The van der Waals surface area contributed by atoms with Gasteiger partial charge in [0.05, 0.1) is 0 Å². The van der Waals surface area contributed by atoms with Crippen LogP contribution in [0.15, 0.2) is 6.07 Å². The highest BCUT2D eigenvalue weighted by Gasteiger charge is 2.27. The van der Waals surface area contributed by atoms with Gasteiger partial charge in [-0.2, -0.15) is 0 Å². The maximum absolute atomic E-state index is 5.87. The number of rotatable bonds is 4. The van der Waals surface area contributed by atoms with Gasteiger partial charge in [-0.15, -0.1) is 0 Å². The van der Waals surface area contributed by atoms with E-state index in [0.717, 1.165) is 30.4 Å². The van der Waals surface area contributed by atoms with Gasteiger partial charge in [0, 0.05) is 18.5 Å². The van der Waals surface area contributed by atoms with E-state index in [9.17, 15) is 0 Å². The lowest BCUT2D eigenvalue weighted by atomic mass is 9.78. The zero-order valence-corrected chi connectivity index (χ0v) is 12.3. The van der Waals surface area contributed by atoms with Crippen LogP contribution in [0.2, 0.25) is 0 Å². The molecular formula is C15H26N4. The fourth-order valence-electron chi connectivity index (χ4n) is 2.90. The van der Waals surface area contributed by atoms with Crippen LogP contribution in [0.25, 0.3) is 0 Å². The Labute approximate surface area is 116 Å². The molecule has 1 saturated carbocycles. The summed E-state index contributed by atoms with van der Waals surface area (Å²) < 4.78 is 0. The maximum Gasteiger partial charge on any atom is 0.133 e. The normalized spacial score (nSPS) is 27.2. The summed E-state index contributed by atoms with van der Waals surface area (Å²) in [5.41, 5.74) is 5.87. The van der Waals surface area contributed by atoms with E-state index in [-0.39, 0.29) is 0 Å². The minimum Gasteiger partial charge on any atom is -0.384 e. The number of aromatic nitrogens is 2. The molecule has 2 rings (SSSR count). The predicted molar refractivity (Wildman–Crippen MR) is 80.0 cm³/mol. The van der Waals surface area contributed by atoms with Gasteiger partial charge in [-0.25, -0.2) is 9.97 Å². The maximum atomic E-state index is 5.87. The van der Waals surface area contributed by atoms with E-state index in [1.165, 1.54) is 19.3 Å². The van der Waals surface area contributed by atoms with Crippen molar-refractivity contribution in [1.29, 1.82) is 0 Å². The van der Waals surface area contributed by atoms with Crippen LogP contribution in [0.1, 0.15) is 52.3 Å². The van der Waals surface area contributed by atoms with Gasteiger partial charge in [0.25, 0.3) is 0 Å². The molecule has 0 aliphatic heterocycles. The lowest BCUT2D eigenvalue weighted by Crippen LogP contribution is -2.35. The molecule has 106 valence electrons. The van der Waals surface area contributed by atoms with E-state index in [0.29, 0.717) is 17.8 Å². The Hall–Kier alpha value is -1.32. The van der Waals surface area contributed by atoms with Gasteiger partial charge in [0.15, 0.2) is 0 Å². The molecule has 1 heterocycles. The molecule has 1 aliphatic rings. The molecule has 4 nitrogen and oxygen atoms in total. The van der Waals surface area contributed by atoms with Crippen LogP contribution < -0.4 is 11.1 Å². The third kappa shape index (κ3) is 3.58. The number of nitrogens with one attached hydrogen (secondary N) is 1. The lowest BCUT2D eigenvalue weighted by Gasteiger charge is -2.35. The van der Waals surface area contributed by atoms with Gasteiger partial charge >= 0.3 is 0 Å². The first-order valence-electron chi connectivity index (χ1n) is 7.50. The Bertz CT molecular complexity index is 419. The number of hydrogen-bond acceptors (Lipinski definition) is 4. The number of nitrogens with zero attached hydrogens (tertiary/aromatic N) is 2. The van der Waals surface area contributed by atoms with Gasteiger partial charge < -0.3 is 11.1 Å². The molecule has 1 aliphatic carbocycles. The van der Waals surface area contributed by atoms with Crippen molar-refractivity contribution in [3.05, 3.63) is 11.9 Å². The number of nitrogen functional groups attached to an aromatic ring is 1. The second-order valence-corrected chi connectivity index (χ2v) is 5.86. The average Bonchev–Trinajstić information content (AvgIpc) is 2.35. The summed E-state index contributed by atoms with van der Waals surface area (Å²) in [5, 5.41) is 3.57. The fraction of sp³-hybridized carbons (Fsp3) is 0.733. The zero-order valence-electron chi connectivity index (χ0n) is 12.3. The molecule has 3 atom stereocenters. The molecule has 1 aromatic heterocycles. The number of hydrogen-bond donors (Lipinski definition) is 2. The number of anilines is 2. The van der Waals surface area contributed by atoms with Crippen LogP contribution in [0.3, 0.4) is 0 Å². The van der Waals surface area contributed by atoms with E-state index in [1.54, 1.807) is 0 Å². The Morgan fingerprint density at radius 3 is 2.84 bits per heavy atom. The van der Waals surface area contributed by atoms with Crippen LogP contribution in [-0.2, 0) is 6.42 Å². The second-order valence-electron chi connectivity index (χ2n) is 5.86.